The van der Waals surface area contributed by atoms with Gasteiger partial charge in [-0.2, -0.15) is 0 Å². The number of halogens is 1. The zero-order valence-corrected chi connectivity index (χ0v) is 21.8. The summed E-state index contributed by atoms with van der Waals surface area (Å²) in [6.07, 6.45) is 4.58. The third kappa shape index (κ3) is 5.53. The number of rotatable bonds is 7. The van der Waals surface area contributed by atoms with Crippen molar-refractivity contribution in [3.63, 3.8) is 0 Å². The molecular formula is C27H29BrN2O3S. The topological polar surface area (TPSA) is 66.5 Å². The van der Waals surface area contributed by atoms with Gasteiger partial charge in [-0.3, -0.25) is 9.10 Å². The zero-order chi connectivity index (χ0) is 24.3. The van der Waals surface area contributed by atoms with Crippen LogP contribution in [0, 0.1) is 6.92 Å². The normalized spacial score (nSPS) is 14.2. The Morgan fingerprint density at radius 3 is 2.29 bits per heavy atom. The molecule has 0 radical (unpaired) electrons. The number of fused-ring (bicyclic) bond motifs is 1. The number of carbonyl (C=O) groups is 1. The Labute approximate surface area is 210 Å². The highest BCUT2D eigenvalue weighted by molar-refractivity contribution is 9.10. The van der Waals surface area contributed by atoms with E-state index in [2.05, 4.69) is 39.4 Å². The molecule has 3 aromatic rings. The van der Waals surface area contributed by atoms with Gasteiger partial charge in [0.05, 0.1) is 16.6 Å². The highest BCUT2D eigenvalue weighted by Gasteiger charge is 2.28. The second-order valence-electron chi connectivity index (χ2n) is 8.83. The molecule has 0 saturated heterocycles. The maximum Gasteiger partial charge on any atom is 0.264 e. The van der Waals surface area contributed by atoms with Crippen molar-refractivity contribution in [2.45, 2.75) is 50.5 Å². The molecule has 1 aliphatic rings. The van der Waals surface area contributed by atoms with Crippen LogP contribution in [0.2, 0.25) is 0 Å². The molecular weight excluding hydrogens is 512 g/mol. The molecule has 1 atom stereocenters. The van der Waals surface area contributed by atoms with E-state index in [0.29, 0.717) is 5.69 Å². The van der Waals surface area contributed by atoms with Crippen molar-refractivity contribution in [3.05, 3.63) is 93.5 Å². The first-order chi connectivity index (χ1) is 16.2. The summed E-state index contributed by atoms with van der Waals surface area (Å²) in [7, 11) is -3.93. The predicted molar refractivity (Wildman–Crippen MR) is 139 cm³/mol. The molecule has 0 bridgehead atoms. The first-order valence-electron chi connectivity index (χ1n) is 11.5. The van der Waals surface area contributed by atoms with Gasteiger partial charge in [-0.1, -0.05) is 51.8 Å². The lowest BCUT2D eigenvalue weighted by Crippen LogP contribution is -2.41. The molecule has 178 valence electrons. The molecule has 4 rings (SSSR count). The standard InChI is InChI=1S/C27H29BrN2O3S/c1-19-7-15-26(16-8-19)34(32,33)30(25-13-11-24(28)12-14-25)18-27(31)29-20(2)22-10-9-21-5-3-4-6-23(21)17-22/h7-17,20H,3-6,18H2,1-2H3,(H,29,31)/t20-/m0/s1. The molecule has 5 nitrogen and oxygen atoms in total. The van der Waals surface area contributed by atoms with E-state index < -0.39 is 10.0 Å². The van der Waals surface area contributed by atoms with Crippen LogP contribution >= 0.6 is 15.9 Å². The summed E-state index contributed by atoms with van der Waals surface area (Å²) in [5, 5.41) is 2.99. The average Bonchev–Trinajstić information content (AvgIpc) is 2.83. The highest BCUT2D eigenvalue weighted by atomic mass is 79.9. The van der Waals surface area contributed by atoms with E-state index in [4.69, 9.17) is 0 Å². The van der Waals surface area contributed by atoms with Gasteiger partial charge in [-0.05, 0) is 92.6 Å². The summed E-state index contributed by atoms with van der Waals surface area (Å²) in [6, 6.07) is 19.7. The van der Waals surface area contributed by atoms with Gasteiger partial charge >= 0.3 is 0 Å². The van der Waals surface area contributed by atoms with Crippen LogP contribution in [0.25, 0.3) is 0 Å². The number of benzene rings is 3. The molecule has 1 amide bonds. The van der Waals surface area contributed by atoms with Crippen molar-refractivity contribution in [2.24, 2.45) is 0 Å². The first kappa shape index (κ1) is 24.5. The second kappa shape index (κ2) is 10.3. The molecule has 0 aromatic heterocycles. The Morgan fingerprint density at radius 1 is 0.971 bits per heavy atom. The number of carbonyl (C=O) groups excluding carboxylic acids is 1. The van der Waals surface area contributed by atoms with Crippen molar-refractivity contribution < 1.29 is 13.2 Å². The van der Waals surface area contributed by atoms with E-state index in [1.807, 2.05) is 13.8 Å². The maximum absolute atomic E-state index is 13.5. The highest BCUT2D eigenvalue weighted by Crippen LogP contribution is 2.27. The minimum absolute atomic E-state index is 0.150. The van der Waals surface area contributed by atoms with Gasteiger partial charge in [0.2, 0.25) is 5.91 Å². The molecule has 0 aliphatic heterocycles. The van der Waals surface area contributed by atoms with Gasteiger partial charge < -0.3 is 5.32 Å². The minimum Gasteiger partial charge on any atom is -0.348 e. The van der Waals surface area contributed by atoms with Crippen molar-refractivity contribution in [2.75, 3.05) is 10.8 Å². The van der Waals surface area contributed by atoms with Gasteiger partial charge in [0.15, 0.2) is 0 Å². The van der Waals surface area contributed by atoms with E-state index in [1.165, 1.54) is 28.3 Å². The fraction of sp³-hybridized carbons (Fsp3) is 0.296. The third-order valence-electron chi connectivity index (χ3n) is 6.26. The number of nitrogens with one attached hydrogen (secondary N) is 1. The minimum atomic E-state index is -3.93. The Balaban J connectivity index is 1.56. The van der Waals surface area contributed by atoms with Crippen molar-refractivity contribution in [3.8, 4) is 0 Å². The second-order valence-corrected chi connectivity index (χ2v) is 11.6. The Hall–Kier alpha value is -2.64. The summed E-state index contributed by atoms with van der Waals surface area (Å²) in [4.78, 5) is 13.2. The molecule has 1 aliphatic carbocycles. The fourth-order valence-corrected chi connectivity index (χ4v) is 5.97. The van der Waals surface area contributed by atoms with Gasteiger partial charge in [-0.15, -0.1) is 0 Å². The van der Waals surface area contributed by atoms with Gasteiger partial charge in [0.1, 0.15) is 6.54 Å². The SMILES string of the molecule is Cc1ccc(S(=O)(=O)N(CC(=O)N[C@@H](C)c2ccc3c(c2)CCCC3)c2ccc(Br)cc2)cc1. The Morgan fingerprint density at radius 2 is 1.62 bits per heavy atom. The van der Waals surface area contributed by atoms with Crippen molar-refractivity contribution in [1.82, 2.24) is 5.32 Å². The van der Waals surface area contributed by atoms with Crippen LogP contribution in [-0.2, 0) is 27.7 Å². The first-order valence-corrected chi connectivity index (χ1v) is 13.7. The molecule has 0 saturated carbocycles. The zero-order valence-electron chi connectivity index (χ0n) is 19.4. The number of amides is 1. The number of aryl methyl sites for hydroxylation is 3. The molecule has 7 heteroatoms. The van der Waals surface area contributed by atoms with Gasteiger partial charge in [0, 0.05) is 4.47 Å². The van der Waals surface area contributed by atoms with Crippen LogP contribution < -0.4 is 9.62 Å². The van der Waals surface area contributed by atoms with E-state index in [1.54, 1.807) is 48.5 Å². The number of hydrogen-bond donors (Lipinski definition) is 1. The molecule has 34 heavy (non-hydrogen) atoms. The van der Waals surface area contributed by atoms with Crippen molar-refractivity contribution in [1.29, 1.82) is 0 Å². The van der Waals surface area contributed by atoms with Crippen LogP contribution in [0.15, 0.2) is 76.1 Å². The summed E-state index contributed by atoms with van der Waals surface area (Å²) in [5.74, 6) is -0.358. The molecule has 0 fully saturated rings. The number of sulfonamides is 1. The fourth-order valence-electron chi connectivity index (χ4n) is 4.28. The van der Waals surface area contributed by atoms with E-state index >= 15 is 0 Å². The Kier molecular flexibility index (Phi) is 7.43. The molecule has 0 spiro atoms. The van der Waals surface area contributed by atoms with Crippen molar-refractivity contribution >= 4 is 37.5 Å². The summed E-state index contributed by atoms with van der Waals surface area (Å²) < 4.78 is 29.0. The smallest absolute Gasteiger partial charge is 0.264 e. The summed E-state index contributed by atoms with van der Waals surface area (Å²) in [6.45, 7) is 3.52. The van der Waals surface area contributed by atoms with Gasteiger partial charge in [0.25, 0.3) is 10.0 Å². The quantitative estimate of drug-likeness (QED) is 0.417. The summed E-state index contributed by atoms with van der Waals surface area (Å²) >= 11 is 3.39. The lowest BCUT2D eigenvalue weighted by Gasteiger charge is -2.25. The van der Waals surface area contributed by atoms with Crippen LogP contribution in [0.5, 0.6) is 0 Å². The number of hydrogen-bond acceptors (Lipinski definition) is 3. The summed E-state index contributed by atoms with van der Waals surface area (Å²) in [5.41, 5.74) is 5.17. The van der Waals surface area contributed by atoms with Crippen LogP contribution in [0.3, 0.4) is 0 Å². The monoisotopic (exact) mass is 540 g/mol. The van der Waals surface area contributed by atoms with Gasteiger partial charge in [-0.25, -0.2) is 8.42 Å². The molecule has 0 heterocycles. The third-order valence-corrected chi connectivity index (χ3v) is 8.58. The van der Waals surface area contributed by atoms with Crippen LogP contribution in [0.4, 0.5) is 5.69 Å². The predicted octanol–water partition coefficient (Wildman–Crippen LogP) is 5.71. The van der Waals surface area contributed by atoms with E-state index in [-0.39, 0.29) is 23.4 Å². The Bertz CT molecular complexity index is 1270. The number of nitrogens with zero attached hydrogens (tertiary/aromatic N) is 1. The molecule has 3 aromatic carbocycles. The lowest BCUT2D eigenvalue weighted by molar-refractivity contribution is -0.120. The largest absolute Gasteiger partial charge is 0.348 e. The van der Waals surface area contributed by atoms with E-state index in [9.17, 15) is 13.2 Å². The average molecular weight is 542 g/mol. The molecule has 1 N–H and O–H groups in total. The maximum atomic E-state index is 13.5. The van der Waals surface area contributed by atoms with Crippen LogP contribution in [-0.4, -0.2) is 20.9 Å². The van der Waals surface area contributed by atoms with E-state index in [0.717, 1.165) is 28.4 Å². The lowest BCUT2D eigenvalue weighted by atomic mass is 9.89. The van der Waals surface area contributed by atoms with Crippen LogP contribution in [0.1, 0.15) is 48.1 Å². The number of anilines is 1. The molecule has 0 unspecified atom stereocenters.